The van der Waals surface area contributed by atoms with Crippen molar-refractivity contribution in [3.05, 3.63) is 60.4 Å². The predicted octanol–water partition coefficient (Wildman–Crippen LogP) is 2.34. The first kappa shape index (κ1) is 13.1. The van der Waals surface area contributed by atoms with Crippen LogP contribution in [0.4, 0.5) is 0 Å². The Bertz CT molecular complexity index is 514. The van der Waals surface area contributed by atoms with Crippen LogP contribution in [-0.4, -0.2) is 17.5 Å². The molecule has 1 unspecified atom stereocenters. The third-order valence-electron chi connectivity index (χ3n) is 2.62. The topological polar surface area (TPSA) is 51.2 Å². The fraction of sp³-hybridized carbons (Fsp3) is 0.200. The number of nitrogens with one attached hydrogen (secondary N) is 1. The summed E-state index contributed by atoms with van der Waals surface area (Å²) >= 11 is 0. The summed E-state index contributed by atoms with van der Waals surface area (Å²) in [5.74, 6) is 0.519. The molecule has 0 aliphatic carbocycles. The van der Waals surface area contributed by atoms with E-state index in [0.29, 0.717) is 5.75 Å². The van der Waals surface area contributed by atoms with Gasteiger partial charge in [-0.25, -0.2) is 0 Å². The van der Waals surface area contributed by atoms with E-state index in [2.05, 4.69) is 10.3 Å². The molecule has 4 nitrogen and oxygen atoms in total. The molecule has 2 rings (SSSR count). The third-order valence-corrected chi connectivity index (χ3v) is 2.62. The Kier molecular flexibility index (Phi) is 4.50. The quantitative estimate of drug-likeness (QED) is 0.893. The van der Waals surface area contributed by atoms with Gasteiger partial charge in [-0.05, 0) is 31.2 Å². The molecule has 1 heterocycles. The summed E-state index contributed by atoms with van der Waals surface area (Å²) in [6, 6.07) is 14.7. The maximum Gasteiger partial charge on any atom is 0.258 e. The van der Waals surface area contributed by atoms with Gasteiger partial charge in [0.05, 0.1) is 11.7 Å². The second kappa shape index (κ2) is 6.54. The average Bonchev–Trinajstić information content (AvgIpc) is 2.47. The van der Waals surface area contributed by atoms with Gasteiger partial charge in [-0.15, -0.1) is 0 Å². The summed E-state index contributed by atoms with van der Waals surface area (Å²) in [4.78, 5) is 15.9. The van der Waals surface area contributed by atoms with Gasteiger partial charge < -0.3 is 10.1 Å². The van der Waals surface area contributed by atoms with Crippen LogP contribution in [0.2, 0.25) is 0 Å². The zero-order valence-electron chi connectivity index (χ0n) is 10.7. The third kappa shape index (κ3) is 4.10. The maximum atomic E-state index is 11.7. The highest BCUT2D eigenvalue weighted by Crippen LogP contribution is 2.09. The van der Waals surface area contributed by atoms with Crippen LogP contribution in [0.25, 0.3) is 0 Å². The molecule has 1 N–H and O–H groups in total. The van der Waals surface area contributed by atoms with E-state index in [4.69, 9.17) is 4.74 Å². The summed E-state index contributed by atoms with van der Waals surface area (Å²) in [5, 5.41) is 2.84. The standard InChI is InChI=1S/C15H16N2O2/c1-12(14-9-5-6-10-16-14)17-15(18)11-19-13-7-3-2-4-8-13/h2-10,12H,11H2,1H3,(H,17,18). The number of pyridine rings is 1. The molecule has 0 aliphatic rings. The van der Waals surface area contributed by atoms with E-state index >= 15 is 0 Å². The molecule has 1 aromatic carbocycles. The van der Waals surface area contributed by atoms with Crippen LogP contribution in [0.15, 0.2) is 54.7 Å². The first-order valence-corrected chi connectivity index (χ1v) is 6.14. The average molecular weight is 256 g/mol. The summed E-state index contributed by atoms with van der Waals surface area (Å²) in [7, 11) is 0. The van der Waals surface area contributed by atoms with Crippen molar-refractivity contribution in [3.8, 4) is 5.75 Å². The zero-order valence-corrected chi connectivity index (χ0v) is 10.7. The molecule has 0 radical (unpaired) electrons. The highest BCUT2D eigenvalue weighted by Gasteiger charge is 2.10. The van der Waals surface area contributed by atoms with E-state index in [1.54, 1.807) is 6.20 Å². The Morgan fingerprint density at radius 3 is 2.63 bits per heavy atom. The number of carbonyl (C=O) groups excluding carboxylic acids is 1. The first-order valence-electron chi connectivity index (χ1n) is 6.14. The number of ether oxygens (including phenoxy) is 1. The highest BCUT2D eigenvalue weighted by molar-refractivity contribution is 5.77. The van der Waals surface area contributed by atoms with Crippen molar-refractivity contribution in [1.82, 2.24) is 10.3 Å². The first-order chi connectivity index (χ1) is 9.25. The number of hydrogen-bond donors (Lipinski definition) is 1. The number of amides is 1. The summed E-state index contributed by atoms with van der Waals surface area (Å²) in [6.45, 7) is 1.89. The molecule has 98 valence electrons. The van der Waals surface area contributed by atoms with Gasteiger partial charge >= 0.3 is 0 Å². The molecule has 1 atom stereocenters. The van der Waals surface area contributed by atoms with Gasteiger partial charge in [0.25, 0.3) is 5.91 Å². The van der Waals surface area contributed by atoms with Crippen molar-refractivity contribution in [2.24, 2.45) is 0 Å². The summed E-state index contributed by atoms with van der Waals surface area (Å²) < 4.78 is 5.37. The van der Waals surface area contributed by atoms with Gasteiger partial charge in [0.15, 0.2) is 6.61 Å². The molecule has 2 aromatic rings. The van der Waals surface area contributed by atoms with E-state index in [-0.39, 0.29) is 18.6 Å². The van der Waals surface area contributed by atoms with Gasteiger partial charge in [-0.2, -0.15) is 0 Å². The van der Waals surface area contributed by atoms with Gasteiger partial charge in [-0.3, -0.25) is 9.78 Å². The molecule has 19 heavy (non-hydrogen) atoms. The minimum absolute atomic E-state index is 0.00118. The Balaban J connectivity index is 1.82. The zero-order chi connectivity index (χ0) is 13.5. The van der Waals surface area contributed by atoms with Gasteiger partial charge in [0.1, 0.15) is 5.75 Å². The molecule has 0 fully saturated rings. The number of aromatic nitrogens is 1. The van der Waals surface area contributed by atoms with E-state index < -0.39 is 0 Å². The lowest BCUT2D eigenvalue weighted by Crippen LogP contribution is -2.31. The number of nitrogens with zero attached hydrogens (tertiary/aromatic N) is 1. The molecule has 0 aliphatic heterocycles. The number of benzene rings is 1. The van der Waals surface area contributed by atoms with Crippen LogP contribution in [-0.2, 0) is 4.79 Å². The Morgan fingerprint density at radius 2 is 1.95 bits per heavy atom. The van der Waals surface area contributed by atoms with Crippen molar-refractivity contribution in [2.45, 2.75) is 13.0 Å². The van der Waals surface area contributed by atoms with Crippen molar-refractivity contribution in [3.63, 3.8) is 0 Å². The second-order valence-electron chi connectivity index (χ2n) is 4.15. The van der Waals surface area contributed by atoms with Crippen molar-refractivity contribution in [1.29, 1.82) is 0 Å². The molecule has 0 saturated carbocycles. The van der Waals surface area contributed by atoms with Crippen LogP contribution >= 0.6 is 0 Å². The number of para-hydroxylation sites is 1. The SMILES string of the molecule is CC(NC(=O)COc1ccccc1)c1ccccn1. The normalized spacial score (nSPS) is 11.6. The Morgan fingerprint density at radius 1 is 1.21 bits per heavy atom. The second-order valence-corrected chi connectivity index (χ2v) is 4.15. The van der Waals surface area contributed by atoms with Crippen LogP contribution in [0.5, 0.6) is 5.75 Å². The minimum Gasteiger partial charge on any atom is -0.484 e. The van der Waals surface area contributed by atoms with E-state index in [1.807, 2.05) is 55.5 Å². The van der Waals surface area contributed by atoms with Crippen molar-refractivity contribution >= 4 is 5.91 Å². The fourth-order valence-corrected chi connectivity index (χ4v) is 1.65. The van der Waals surface area contributed by atoms with E-state index in [0.717, 1.165) is 5.69 Å². The smallest absolute Gasteiger partial charge is 0.258 e. The van der Waals surface area contributed by atoms with Crippen LogP contribution in [0.3, 0.4) is 0 Å². The lowest BCUT2D eigenvalue weighted by molar-refractivity contribution is -0.123. The van der Waals surface area contributed by atoms with Crippen molar-refractivity contribution in [2.75, 3.05) is 6.61 Å². The molecule has 1 aromatic heterocycles. The van der Waals surface area contributed by atoms with Gasteiger partial charge in [-0.1, -0.05) is 24.3 Å². The highest BCUT2D eigenvalue weighted by atomic mass is 16.5. The summed E-state index contributed by atoms with van der Waals surface area (Å²) in [6.07, 6.45) is 1.71. The monoisotopic (exact) mass is 256 g/mol. The predicted molar refractivity (Wildman–Crippen MR) is 72.7 cm³/mol. The van der Waals surface area contributed by atoms with Gasteiger partial charge in [0, 0.05) is 6.20 Å². The molecule has 0 saturated heterocycles. The molecule has 0 bridgehead atoms. The fourth-order valence-electron chi connectivity index (χ4n) is 1.65. The molecular formula is C15H16N2O2. The van der Waals surface area contributed by atoms with E-state index in [1.165, 1.54) is 0 Å². The van der Waals surface area contributed by atoms with Crippen LogP contribution in [0.1, 0.15) is 18.7 Å². The van der Waals surface area contributed by atoms with Crippen molar-refractivity contribution < 1.29 is 9.53 Å². The largest absolute Gasteiger partial charge is 0.484 e. The lowest BCUT2D eigenvalue weighted by Gasteiger charge is -2.13. The van der Waals surface area contributed by atoms with Crippen LogP contribution in [0, 0.1) is 0 Å². The number of hydrogen-bond acceptors (Lipinski definition) is 3. The Hall–Kier alpha value is -2.36. The lowest BCUT2D eigenvalue weighted by atomic mass is 10.2. The van der Waals surface area contributed by atoms with Gasteiger partial charge in [0.2, 0.25) is 0 Å². The number of carbonyl (C=O) groups is 1. The molecular weight excluding hydrogens is 240 g/mol. The molecule has 1 amide bonds. The van der Waals surface area contributed by atoms with E-state index in [9.17, 15) is 4.79 Å². The molecule has 4 heteroatoms. The summed E-state index contributed by atoms with van der Waals surface area (Å²) in [5.41, 5.74) is 0.829. The minimum atomic E-state index is -0.165. The Labute approximate surface area is 112 Å². The maximum absolute atomic E-state index is 11.7. The number of rotatable bonds is 5. The molecule has 0 spiro atoms. The van der Waals surface area contributed by atoms with Crippen LogP contribution < -0.4 is 10.1 Å².